The maximum Gasteiger partial charge on any atom is 0.305 e. The SMILES string of the molecule is OCCSC1c2c(O)cc3c(c2OC(c2cc(O)c(O)c(O)c2)C1O)C1c2c(O)cc(O)cc2OC(c2cc(O)c(O)c(O)c2)(O3)C1O. The molecular weight excluding hydrogens is 656 g/mol. The average molecular weight is 685 g/mol. The van der Waals surface area contributed by atoms with Crippen molar-refractivity contribution in [2.45, 2.75) is 35.3 Å². The number of aliphatic hydroxyl groups excluding tert-OH is 3. The van der Waals surface area contributed by atoms with E-state index < -0.39 is 87.0 Å². The average Bonchev–Trinajstić information content (AvgIpc) is 3.01. The van der Waals surface area contributed by atoms with Gasteiger partial charge in [0.2, 0.25) is 0 Å². The first-order chi connectivity index (χ1) is 22.8. The lowest BCUT2D eigenvalue weighted by atomic mass is 9.74. The van der Waals surface area contributed by atoms with Crippen molar-refractivity contribution in [1.29, 1.82) is 0 Å². The zero-order valence-electron chi connectivity index (χ0n) is 24.3. The Kier molecular flexibility index (Phi) is 7.10. The van der Waals surface area contributed by atoms with Crippen LogP contribution in [-0.4, -0.2) is 85.8 Å². The smallest absolute Gasteiger partial charge is 0.305 e. The van der Waals surface area contributed by atoms with Gasteiger partial charge in [0.15, 0.2) is 40.6 Å². The van der Waals surface area contributed by atoms with Crippen molar-refractivity contribution >= 4 is 11.8 Å². The maximum atomic E-state index is 12.1. The van der Waals surface area contributed by atoms with E-state index in [9.17, 15) is 61.3 Å². The topological polar surface area (TPSA) is 270 Å². The minimum absolute atomic E-state index is 0.00513. The van der Waals surface area contributed by atoms with E-state index in [-0.39, 0.29) is 57.4 Å². The van der Waals surface area contributed by atoms with Crippen LogP contribution in [0.1, 0.15) is 45.1 Å². The van der Waals surface area contributed by atoms with E-state index in [2.05, 4.69) is 0 Å². The van der Waals surface area contributed by atoms with Gasteiger partial charge in [-0.15, -0.1) is 11.8 Å². The number of phenolic OH excluding ortho intramolecular Hbond substituents is 9. The van der Waals surface area contributed by atoms with Crippen LogP contribution >= 0.6 is 11.8 Å². The van der Waals surface area contributed by atoms with E-state index in [1.54, 1.807) is 0 Å². The Morgan fingerprint density at radius 3 is 1.81 bits per heavy atom. The van der Waals surface area contributed by atoms with Crippen molar-refractivity contribution in [3.8, 4) is 69.0 Å². The molecule has 15 nitrogen and oxygen atoms in total. The first-order valence-electron chi connectivity index (χ1n) is 14.4. The summed E-state index contributed by atoms with van der Waals surface area (Å²) in [6.45, 7) is -0.317. The van der Waals surface area contributed by atoms with E-state index in [1.165, 1.54) is 0 Å². The van der Waals surface area contributed by atoms with Crippen LogP contribution in [0, 0.1) is 0 Å². The van der Waals surface area contributed by atoms with Crippen LogP contribution in [-0.2, 0) is 5.79 Å². The van der Waals surface area contributed by atoms with Gasteiger partial charge in [-0.25, -0.2) is 0 Å². The highest BCUT2D eigenvalue weighted by atomic mass is 32.2. The van der Waals surface area contributed by atoms with E-state index in [4.69, 9.17) is 14.2 Å². The van der Waals surface area contributed by atoms with Crippen LogP contribution in [0.5, 0.6) is 69.0 Å². The molecule has 252 valence electrons. The van der Waals surface area contributed by atoms with E-state index in [0.29, 0.717) is 0 Å². The van der Waals surface area contributed by atoms with Crippen molar-refractivity contribution in [3.05, 3.63) is 70.3 Å². The van der Waals surface area contributed by atoms with E-state index in [1.807, 2.05) is 0 Å². The van der Waals surface area contributed by atoms with E-state index in [0.717, 1.165) is 54.2 Å². The lowest BCUT2D eigenvalue weighted by molar-refractivity contribution is -0.219. The molecule has 6 atom stereocenters. The summed E-state index contributed by atoms with van der Waals surface area (Å²) in [5.74, 6) is -10.4. The minimum Gasteiger partial charge on any atom is -0.508 e. The van der Waals surface area contributed by atoms with Crippen LogP contribution < -0.4 is 14.2 Å². The number of benzene rings is 4. The van der Waals surface area contributed by atoms with Gasteiger partial charge in [-0.1, -0.05) is 0 Å². The molecule has 4 aromatic carbocycles. The number of thioether (sulfide) groups is 1. The molecule has 6 unspecified atom stereocenters. The molecule has 3 aliphatic rings. The Bertz CT molecular complexity index is 1940. The third kappa shape index (κ3) is 4.41. The lowest BCUT2D eigenvalue weighted by Crippen LogP contribution is -2.57. The van der Waals surface area contributed by atoms with Crippen molar-refractivity contribution in [3.63, 3.8) is 0 Å². The van der Waals surface area contributed by atoms with Gasteiger partial charge in [0.25, 0.3) is 0 Å². The molecule has 0 saturated heterocycles. The molecule has 0 saturated carbocycles. The molecule has 0 amide bonds. The van der Waals surface area contributed by atoms with Crippen molar-refractivity contribution in [2.24, 2.45) is 0 Å². The number of phenols is 9. The van der Waals surface area contributed by atoms with Gasteiger partial charge in [-0.2, -0.15) is 0 Å². The molecule has 0 fully saturated rings. The monoisotopic (exact) mass is 684 g/mol. The number of ether oxygens (including phenoxy) is 3. The molecule has 0 aliphatic carbocycles. The third-order valence-electron chi connectivity index (χ3n) is 8.68. The number of hydrogen-bond acceptors (Lipinski definition) is 16. The Morgan fingerprint density at radius 1 is 0.646 bits per heavy atom. The number of aliphatic hydroxyl groups is 3. The number of rotatable bonds is 5. The molecule has 7 rings (SSSR count). The largest absolute Gasteiger partial charge is 0.508 e. The standard InChI is InChI=1S/C32H28O15S/c33-1-2-48-30-22-14(36)9-20-23(29(22)45-28(27(30)43)10-3-15(37)25(41)16(38)4-10)24-21-13(35)7-12(34)8-19(21)46-32(47-20,31(24)44)11-5-17(39)26(42)18(40)6-11/h3-9,24,27-28,30-31,33-44H,1-2H2. The summed E-state index contributed by atoms with van der Waals surface area (Å²) in [6, 6.07) is 7.29. The molecule has 3 aliphatic heterocycles. The van der Waals surface area contributed by atoms with Crippen LogP contribution in [0.15, 0.2) is 42.5 Å². The second kappa shape index (κ2) is 10.9. The van der Waals surface area contributed by atoms with E-state index >= 15 is 0 Å². The minimum atomic E-state index is -2.35. The highest BCUT2D eigenvalue weighted by Crippen LogP contribution is 2.64. The summed E-state index contributed by atoms with van der Waals surface area (Å²) in [5, 5.41) is 126. The zero-order valence-corrected chi connectivity index (χ0v) is 25.2. The fraction of sp³-hybridized carbons (Fsp3) is 0.250. The predicted molar refractivity (Wildman–Crippen MR) is 163 cm³/mol. The Labute approximate surface area is 273 Å². The highest BCUT2D eigenvalue weighted by molar-refractivity contribution is 7.99. The molecule has 0 spiro atoms. The summed E-state index contributed by atoms with van der Waals surface area (Å²) in [4.78, 5) is 0. The molecule has 16 heteroatoms. The van der Waals surface area contributed by atoms with Crippen molar-refractivity contribution in [1.82, 2.24) is 0 Å². The Hall–Kier alpha value is -5.29. The van der Waals surface area contributed by atoms with Gasteiger partial charge in [-0.3, -0.25) is 0 Å². The summed E-state index contributed by atoms with van der Waals surface area (Å²) in [5.41, 5.74) is -0.259. The Balaban J connectivity index is 1.51. The number of hydrogen-bond donors (Lipinski definition) is 12. The van der Waals surface area contributed by atoms with Crippen LogP contribution in [0.3, 0.4) is 0 Å². The number of fused-ring (bicyclic) bond motifs is 8. The van der Waals surface area contributed by atoms with Gasteiger partial charge in [0.1, 0.15) is 46.7 Å². The third-order valence-corrected chi connectivity index (χ3v) is 9.98. The molecular formula is C32H28O15S. The van der Waals surface area contributed by atoms with Crippen LogP contribution in [0.4, 0.5) is 0 Å². The number of aromatic hydroxyl groups is 9. The van der Waals surface area contributed by atoms with Gasteiger partial charge in [0.05, 0.1) is 23.3 Å². The summed E-state index contributed by atoms with van der Waals surface area (Å²) in [7, 11) is 0. The molecule has 0 aromatic heterocycles. The Morgan fingerprint density at radius 2 is 1.21 bits per heavy atom. The van der Waals surface area contributed by atoms with Crippen LogP contribution in [0.25, 0.3) is 0 Å². The quantitative estimate of drug-likeness (QED) is 0.135. The van der Waals surface area contributed by atoms with Gasteiger partial charge in [-0.05, 0) is 24.3 Å². The lowest BCUT2D eigenvalue weighted by Gasteiger charge is -2.51. The maximum absolute atomic E-state index is 12.1. The van der Waals surface area contributed by atoms with Gasteiger partial charge in [0, 0.05) is 46.2 Å². The van der Waals surface area contributed by atoms with Gasteiger partial charge >= 0.3 is 5.79 Å². The molecule has 48 heavy (non-hydrogen) atoms. The fourth-order valence-electron chi connectivity index (χ4n) is 6.61. The molecule has 2 bridgehead atoms. The normalized spacial score (nSPS) is 25.1. The highest BCUT2D eigenvalue weighted by Gasteiger charge is 2.60. The molecule has 4 aromatic rings. The summed E-state index contributed by atoms with van der Waals surface area (Å²) >= 11 is 1.03. The fourth-order valence-corrected chi connectivity index (χ4v) is 7.71. The second-order valence-corrected chi connectivity index (χ2v) is 12.8. The van der Waals surface area contributed by atoms with Crippen LogP contribution in [0.2, 0.25) is 0 Å². The zero-order chi connectivity index (χ0) is 34.4. The second-order valence-electron chi connectivity index (χ2n) is 11.5. The first kappa shape index (κ1) is 31.3. The summed E-state index contributed by atoms with van der Waals surface area (Å²) in [6.07, 6.45) is -4.74. The van der Waals surface area contributed by atoms with Gasteiger partial charge < -0.3 is 75.5 Å². The molecule has 12 N–H and O–H groups in total. The predicted octanol–water partition coefficient (Wildman–Crippen LogP) is 2.43. The molecule has 0 radical (unpaired) electrons. The summed E-state index contributed by atoms with van der Waals surface area (Å²) < 4.78 is 18.7. The van der Waals surface area contributed by atoms with Crippen molar-refractivity contribution in [2.75, 3.05) is 12.4 Å². The first-order valence-corrected chi connectivity index (χ1v) is 15.4. The molecule has 3 heterocycles. The van der Waals surface area contributed by atoms with Crippen molar-refractivity contribution < 1.29 is 75.5 Å².